The van der Waals surface area contributed by atoms with E-state index in [9.17, 15) is 0 Å². The van der Waals surface area contributed by atoms with E-state index in [1.165, 1.54) is 31.2 Å². The van der Waals surface area contributed by atoms with E-state index in [1.807, 2.05) is 0 Å². The van der Waals surface area contributed by atoms with Crippen LogP contribution in [0.15, 0.2) is 30.3 Å². The molecular formula is C17H27NO. The van der Waals surface area contributed by atoms with Crippen LogP contribution in [0.3, 0.4) is 0 Å². The van der Waals surface area contributed by atoms with Crippen LogP contribution in [0.1, 0.15) is 51.1 Å². The van der Waals surface area contributed by atoms with Crippen LogP contribution in [-0.4, -0.2) is 19.8 Å². The van der Waals surface area contributed by atoms with Crippen molar-refractivity contribution in [3.63, 3.8) is 0 Å². The molecule has 1 saturated carbocycles. The molecule has 0 saturated heterocycles. The number of ether oxygens (including phenoxy) is 1. The van der Waals surface area contributed by atoms with E-state index in [4.69, 9.17) is 4.74 Å². The molecule has 19 heavy (non-hydrogen) atoms. The highest BCUT2D eigenvalue weighted by atomic mass is 16.5. The summed E-state index contributed by atoms with van der Waals surface area (Å²) in [6, 6.07) is 11.6. The van der Waals surface area contributed by atoms with Gasteiger partial charge in [0.15, 0.2) is 0 Å². The Morgan fingerprint density at radius 2 is 2.05 bits per heavy atom. The fraction of sp³-hybridized carbons (Fsp3) is 0.647. The molecule has 0 aliphatic heterocycles. The highest BCUT2D eigenvalue weighted by Crippen LogP contribution is 2.35. The highest BCUT2D eigenvalue weighted by molar-refractivity contribution is 5.19. The van der Waals surface area contributed by atoms with Gasteiger partial charge >= 0.3 is 0 Å². The van der Waals surface area contributed by atoms with Gasteiger partial charge in [-0.3, -0.25) is 0 Å². The van der Waals surface area contributed by atoms with Crippen LogP contribution >= 0.6 is 0 Å². The summed E-state index contributed by atoms with van der Waals surface area (Å²) in [6.07, 6.45) is 5.24. The second-order valence-corrected chi connectivity index (χ2v) is 6.54. The van der Waals surface area contributed by atoms with E-state index in [0.29, 0.717) is 17.5 Å². The van der Waals surface area contributed by atoms with Gasteiger partial charge in [-0.25, -0.2) is 0 Å². The average Bonchev–Trinajstić information content (AvgIpc) is 2.38. The lowest BCUT2D eigenvalue weighted by Gasteiger charge is -2.37. The molecule has 2 unspecified atom stereocenters. The molecule has 1 N–H and O–H groups in total. The summed E-state index contributed by atoms with van der Waals surface area (Å²) in [5.41, 5.74) is 1.80. The summed E-state index contributed by atoms with van der Waals surface area (Å²) in [5.74, 6) is 0. The summed E-state index contributed by atoms with van der Waals surface area (Å²) in [7, 11) is 1.78. The van der Waals surface area contributed by atoms with E-state index in [-0.39, 0.29) is 0 Å². The molecule has 2 rings (SSSR count). The fourth-order valence-electron chi connectivity index (χ4n) is 3.22. The number of hydrogen-bond acceptors (Lipinski definition) is 2. The standard InChI is InChI=1S/C17H27NO/c1-17(2)11-7-10-15(12-17)18-16(13-19-3)14-8-5-4-6-9-14/h4-6,8-9,15-16,18H,7,10-13H2,1-3H3. The Balaban J connectivity index is 2.01. The van der Waals surface area contributed by atoms with Gasteiger partial charge in [-0.05, 0) is 30.2 Å². The van der Waals surface area contributed by atoms with Gasteiger partial charge in [-0.1, -0.05) is 50.6 Å². The SMILES string of the molecule is COCC(NC1CCCC(C)(C)C1)c1ccccc1. The first-order valence-electron chi connectivity index (χ1n) is 7.41. The van der Waals surface area contributed by atoms with Crippen molar-refractivity contribution in [2.75, 3.05) is 13.7 Å². The Morgan fingerprint density at radius 3 is 2.68 bits per heavy atom. The maximum absolute atomic E-state index is 5.39. The fourth-order valence-corrected chi connectivity index (χ4v) is 3.22. The Bertz CT molecular complexity index is 374. The minimum Gasteiger partial charge on any atom is -0.383 e. The quantitative estimate of drug-likeness (QED) is 0.867. The summed E-state index contributed by atoms with van der Waals surface area (Å²) >= 11 is 0. The summed E-state index contributed by atoms with van der Waals surface area (Å²) in [4.78, 5) is 0. The molecule has 1 aliphatic rings. The van der Waals surface area contributed by atoms with E-state index in [2.05, 4.69) is 49.5 Å². The lowest BCUT2D eigenvalue weighted by molar-refractivity contribution is 0.137. The van der Waals surface area contributed by atoms with Gasteiger partial charge < -0.3 is 10.1 Å². The van der Waals surface area contributed by atoms with E-state index >= 15 is 0 Å². The molecule has 0 heterocycles. The van der Waals surface area contributed by atoms with Crippen molar-refractivity contribution in [2.24, 2.45) is 5.41 Å². The maximum atomic E-state index is 5.39. The number of hydrogen-bond donors (Lipinski definition) is 1. The van der Waals surface area contributed by atoms with Gasteiger partial charge in [0.2, 0.25) is 0 Å². The van der Waals surface area contributed by atoms with Crippen molar-refractivity contribution in [3.05, 3.63) is 35.9 Å². The Kier molecular flexibility index (Phi) is 5.00. The Labute approximate surface area is 117 Å². The first-order chi connectivity index (χ1) is 9.11. The second kappa shape index (κ2) is 6.53. The van der Waals surface area contributed by atoms with Crippen LogP contribution in [0.2, 0.25) is 0 Å². The molecule has 0 amide bonds. The lowest BCUT2D eigenvalue weighted by atomic mass is 9.75. The molecule has 1 aliphatic carbocycles. The van der Waals surface area contributed by atoms with Crippen LogP contribution in [-0.2, 0) is 4.74 Å². The number of benzene rings is 1. The molecule has 0 bridgehead atoms. The number of rotatable bonds is 5. The molecular weight excluding hydrogens is 234 g/mol. The summed E-state index contributed by atoms with van der Waals surface area (Å²) in [5, 5.41) is 3.80. The third-order valence-electron chi connectivity index (χ3n) is 4.18. The van der Waals surface area contributed by atoms with E-state index in [1.54, 1.807) is 7.11 Å². The zero-order valence-corrected chi connectivity index (χ0v) is 12.5. The molecule has 2 heteroatoms. The third kappa shape index (κ3) is 4.32. The molecule has 1 aromatic rings. The van der Waals surface area contributed by atoms with Gasteiger partial charge in [-0.2, -0.15) is 0 Å². The number of methoxy groups -OCH3 is 1. The Morgan fingerprint density at radius 1 is 1.32 bits per heavy atom. The first kappa shape index (κ1) is 14.5. The van der Waals surface area contributed by atoms with Crippen LogP contribution in [0.25, 0.3) is 0 Å². The second-order valence-electron chi connectivity index (χ2n) is 6.54. The van der Waals surface area contributed by atoms with Gasteiger partial charge in [0.25, 0.3) is 0 Å². The zero-order valence-electron chi connectivity index (χ0n) is 12.5. The van der Waals surface area contributed by atoms with Crippen molar-refractivity contribution in [2.45, 2.75) is 51.6 Å². The van der Waals surface area contributed by atoms with Crippen molar-refractivity contribution in [3.8, 4) is 0 Å². The zero-order chi connectivity index (χ0) is 13.7. The Hall–Kier alpha value is -0.860. The van der Waals surface area contributed by atoms with E-state index in [0.717, 1.165) is 6.61 Å². The van der Waals surface area contributed by atoms with Crippen LogP contribution in [0.4, 0.5) is 0 Å². The van der Waals surface area contributed by atoms with Crippen LogP contribution < -0.4 is 5.32 Å². The largest absolute Gasteiger partial charge is 0.383 e. The summed E-state index contributed by atoms with van der Waals surface area (Å²) < 4.78 is 5.39. The molecule has 106 valence electrons. The van der Waals surface area contributed by atoms with Crippen molar-refractivity contribution < 1.29 is 4.74 Å². The van der Waals surface area contributed by atoms with Crippen LogP contribution in [0.5, 0.6) is 0 Å². The minimum absolute atomic E-state index is 0.310. The summed E-state index contributed by atoms with van der Waals surface area (Å²) in [6.45, 7) is 5.50. The molecule has 1 aromatic carbocycles. The molecule has 0 spiro atoms. The first-order valence-corrected chi connectivity index (χ1v) is 7.41. The molecule has 0 radical (unpaired) electrons. The third-order valence-corrected chi connectivity index (χ3v) is 4.18. The minimum atomic E-state index is 0.310. The lowest BCUT2D eigenvalue weighted by Crippen LogP contribution is -2.40. The predicted octanol–water partition coefficient (Wildman–Crippen LogP) is 3.93. The van der Waals surface area contributed by atoms with Crippen molar-refractivity contribution in [1.29, 1.82) is 0 Å². The highest BCUT2D eigenvalue weighted by Gasteiger charge is 2.29. The molecule has 2 nitrogen and oxygen atoms in total. The molecule has 0 aromatic heterocycles. The monoisotopic (exact) mass is 261 g/mol. The van der Waals surface area contributed by atoms with Gasteiger partial charge in [0.1, 0.15) is 0 Å². The molecule has 2 atom stereocenters. The van der Waals surface area contributed by atoms with Crippen molar-refractivity contribution in [1.82, 2.24) is 5.32 Å². The predicted molar refractivity (Wildman–Crippen MR) is 80.2 cm³/mol. The topological polar surface area (TPSA) is 21.3 Å². The van der Waals surface area contributed by atoms with E-state index < -0.39 is 0 Å². The molecule has 1 fully saturated rings. The maximum Gasteiger partial charge on any atom is 0.0657 e. The van der Waals surface area contributed by atoms with Gasteiger partial charge in [0, 0.05) is 13.2 Å². The number of nitrogens with one attached hydrogen (secondary N) is 1. The van der Waals surface area contributed by atoms with Crippen LogP contribution in [0, 0.1) is 5.41 Å². The normalized spacial score (nSPS) is 24.1. The van der Waals surface area contributed by atoms with Crippen molar-refractivity contribution >= 4 is 0 Å². The van der Waals surface area contributed by atoms with Gasteiger partial charge in [0.05, 0.1) is 12.6 Å². The average molecular weight is 261 g/mol. The van der Waals surface area contributed by atoms with Gasteiger partial charge in [-0.15, -0.1) is 0 Å². The smallest absolute Gasteiger partial charge is 0.0657 e.